The van der Waals surface area contributed by atoms with E-state index in [0.29, 0.717) is 6.42 Å². The molecule has 0 aliphatic carbocycles. The van der Waals surface area contributed by atoms with Gasteiger partial charge >= 0.3 is 0 Å². The van der Waals surface area contributed by atoms with Crippen molar-refractivity contribution in [3.63, 3.8) is 0 Å². The number of hydrogen-bond donors (Lipinski definition) is 1. The molecule has 0 saturated carbocycles. The van der Waals surface area contributed by atoms with E-state index in [2.05, 4.69) is 4.98 Å². The molecule has 1 heterocycles. The molecule has 4 heteroatoms. The third-order valence-electron chi connectivity index (χ3n) is 2.64. The first-order valence-corrected chi connectivity index (χ1v) is 6.34. The summed E-state index contributed by atoms with van der Waals surface area (Å²) in [7, 11) is 1.64. The molecule has 2 rings (SSSR count). The lowest BCUT2D eigenvalue weighted by molar-refractivity contribution is 0.173. The van der Waals surface area contributed by atoms with E-state index in [1.54, 1.807) is 12.6 Å². The highest BCUT2D eigenvalue weighted by Gasteiger charge is 2.13. The summed E-state index contributed by atoms with van der Waals surface area (Å²) in [5.41, 5.74) is 4.62. The minimum atomic E-state index is -0.572. The average Bonchev–Trinajstić information content (AvgIpc) is 2.83. The molecule has 2 aromatic rings. The minimum Gasteiger partial charge on any atom is -0.496 e. The number of aromatic nitrogens is 1. The van der Waals surface area contributed by atoms with Crippen LogP contribution in [0.15, 0.2) is 29.1 Å². The fourth-order valence-electron chi connectivity index (χ4n) is 1.77. The molecule has 0 aliphatic heterocycles. The molecular formula is C13H15NO2S. The number of aryl methyl sites for hydroxylation is 1. The lowest BCUT2D eigenvalue weighted by Crippen LogP contribution is -2.04. The number of methoxy groups -OCH3 is 1. The van der Waals surface area contributed by atoms with Gasteiger partial charge in [0.25, 0.3) is 0 Å². The van der Waals surface area contributed by atoms with Crippen LogP contribution in [0, 0.1) is 6.92 Å². The summed E-state index contributed by atoms with van der Waals surface area (Å²) < 4.78 is 5.29. The Balaban J connectivity index is 2.20. The van der Waals surface area contributed by atoms with Crippen LogP contribution in [-0.4, -0.2) is 17.2 Å². The van der Waals surface area contributed by atoms with E-state index in [9.17, 15) is 5.11 Å². The van der Waals surface area contributed by atoms with Crippen molar-refractivity contribution in [2.24, 2.45) is 0 Å². The number of rotatable bonds is 4. The van der Waals surface area contributed by atoms with Gasteiger partial charge < -0.3 is 9.84 Å². The highest BCUT2D eigenvalue weighted by molar-refractivity contribution is 7.07. The van der Waals surface area contributed by atoms with Gasteiger partial charge in [0, 0.05) is 11.8 Å². The smallest absolute Gasteiger partial charge is 0.122 e. The monoisotopic (exact) mass is 249 g/mol. The summed E-state index contributed by atoms with van der Waals surface area (Å²) in [4.78, 5) is 4.12. The molecule has 1 atom stereocenters. The number of nitrogens with zero attached hydrogens (tertiary/aromatic N) is 1. The standard InChI is InChI=1S/C13H15NO2S/c1-9-3-4-13(16-2)10(5-9)6-12(15)11-7-17-8-14-11/h3-5,7-8,12,15H,6H2,1-2H3. The van der Waals surface area contributed by atoms with Gasteiger partial charge in [0.1, 0.15) is 11.9 Å². The fraction of sp³-hybridized carbons (Fsp3) is 0.308. The average molecular weight is 249 g/mol. The molecule has 3 nitrogen and oxygen atoms in total. The molecule has 1 aromatic carbocycles. The van der Waals surface area contributed by atoms with Crippen molar-refractivity contribution in [3.05, 3.63) is 45.9 Å². The quantitative estimate of drug-likeness (QED) is 0.906. The van der Waals surface area contributed by atoms with Gasteiger partial charge in [-0.05, 0) is 18.6 Å². The van der Waals surface area contributed by atoms with Crippen molar-refractivity contribution in [2.45, 2.75) is 19.4 Å². The second-order valence-electron chi connectivity index (χ2n) is 3.95. The maximum absolute atomic E-state index is 10.1. The van der Waals surface area contributed by atoms with Crippen LogP contribution >= 0.6 is 11.3 Å². The maximum atomic E-state index is 10.1. The molecule has 0 radical (unpaired) electrons. The molecule has 17 heavy (non-hydrogen) atoms. The normalized spacial score (nSPS) is 12.4. The van der Waals surface area contributed by atoms with Gasteiger partial charge in [0.2, 0.25) is 0 Å². The minimum absolute atomic E-state index is 0.522. The van der Waals surface area contributed by atoms with Crippen molar-refractivity contribution in [3.8, 4) is 5.75 Å². The predicted molar refractivity (Wildman–Crippen MR) is 68.5 cm³/mol. The van der Waals surface area contributed by atoms with Gasteiger partial charge in [-0.1, -0.05) is 17.7 Å². The van der Waals surface area contributed by atoms with Crippen LogP contribution in [0.1, 0.15) is 22.9 Å². The Morgan fingerprint density at radius 2 is 2.29 bits per heavy atom. The van der Waals surface area contributed by atoms with E-state index in [0.717, 1.165) is 22.6 Å². The van der Waals surface area contributed by atoms with E-state index in [1.165, 1.54) is 11.3 Å². The van der Waals surface area contributed by atoms with Crippen molar-refractivity contribution >= 4 is 11.3 Å². The second kappa shape index (κ2) is 5.29. The molecule has 90 valence electrons. The van der Waals surface area contributed by atoms with Crippen LogP contribution in [-0.2, 0) is 6.42 Å². The molecule has 1 N–H and O–H groups in total. The van der Waals surface area contributed by atoms with Gasteiger partial charge in [-0.2, -0.15) is 0 Å². The number of hydrogen-bond acceptors (Lipinski definition) is 4. The van der Waals surface area contributed by atoms with Gasteiger partial charge in [-0.25, -0.2) is 4.98 Å². The van der Waals surface area contributed by atoms with Crippen LogP contribution in [0.2, 0.25) is 0 Å². The fourth-order valence-corrected chi connectivity index (χ4v) is 2.37. The summed E-state index contributed by atoms with van der Waals surface area (Å²) in [6.45, 7) is 2.03. The van der Waals surface area contributed by atoms with Gasteiger partial charge in [0.15, 0.2) is 0 Å². The number of aliphatic hydroxyl groups excluding tert-OH is 1. The molecule has 0 bridgehead atoms. The first-order valence-electron chi connectivity index (χ1n) is 5.40. The third kappa shape index (κ3) is 2.84. The summed E-state index contributed by atoms with van der Waals surface area (Å²) in [6, 6.07) is 5.96. The van der Waals surface area contributed by atoms with E-state index < -0.39 is 6.10 Å². The van der Waals surface area contributed by atoms with Crippen molar-refractivity contribution in [2.75, 3.05) is 7.11 Å². The Bertz CT molecular complexity index is 482. The lowest BCUT2D eigenvalue weighted by Gasteiger charge is -2.12. The van der Waals surface area contributed by atoms with Crippen LogP contribution < -0.4 is 4.74 Å². The Kier molecular flexibility index (Phi) is 3.76. The molecule has 1 unspecified atom stereocenters. The number of thiazole rings is 1. The first-order chi connectivity index (χ1) is 8.20. The first kappa shape index (κ1) is 12.1. The third-order valence-corrected chi connectivity index (χ3v) is 3.25. The summed E-state index contributed by atoms with van der Waals surface area (Å²) in [5, 5.41) is 11.9. The van der Waals surface area contributed by atoms with Crippen LogP contribution in [0.5, 0.6) is 5.75 Å². The Labute approximate surface area is 105 Å². The lowest BCUT2D eigenvalue weighted by atomic mass is 10.0. The Morgan fingerprint density at radius 1 is 1.47 bits per heavy atom. The molecule has 1 aromatic heterocycles. The molecule has 0 saturated heterocycles. The van der Waals surface area contributed by atoms with Gasteiger partial charge in [-0.3, -0.25) is 0 Å². The van der Waals surface area contributed by atoms with E-state index >= 15 is 0 Å². The Morgan fingerprint density at radius 3 is 2.94 bits per heavy atom. The number of ether oxygens (including phenoxy) is 1. The zero-order chi connectivity index (χ0) is 12.3. The van der Waals surface area contributed by atoms with Crippen LogP contribution in [0.4, 0.5) is 0 Å². The topological polar surface area (TPSA) is 42.4 Å². The van der Waals surface area contributed by atoms with Crippen molar-refractivity contribution in [1.29, 1.82) is 0 Å². The van der Waals surface area contributed by atoms with Crippen LogP contribution in [0.3, 0.4) is 0 Å². The second-order valence-corrected chi connectivity index (χ2v) is 4.67. The zero-order valence-electron chi connectivity index (χ0n) is 9.88. The van der Waals surface area contributed by atoms with Gasteiger partial charge in [-0.15, -0.1) is 11.3 Å². The van der Waals surface area contributed by atoms with Gasteiger partial charge in [0.05, 0.1) is 18.3 Å². The molecular weight excluding hydrogens is 234 g/mol. The zero-order valence-corrected chi connectivity index (χ0v) is 10.7. The maximum Gasteiger partial charge on any atom is 0.122 e. The largest absolute Gasteiger partial charge is 0.496 e. The Hall–Kier alpha value is -1.39. The number of benzene rings is 1. The highest BCUT2D eigenvalue weighted by Crippen LogP contribution is 2.25. The molecule has 0 aliphatic rings. The predicted octanol–water partition coefficient (Wildman–Crippen LogP) is 2.74. The van der Waals surface area contributed by atoms with E-state index in [4.69, 9.17) is 4.74 Å². The highest BCUT2D eigenvalue weighted by atomic mass is 32.1. The molecule has 0 fully saturated rings. The van der Waals surface area contributed by atoms with Crippen molar-refractivity contribution in [1.82, 2.24) is 4.98 Å². The van der Waals surface area contributed by atoms with E-state index in [1.807, 2.05) is 30.5 Å². The summed E-state index contributed by atoms with van der Waals surface area (Å²) in [5.74, 6) is 0.810. The summed E-state index contributed by atoms with van der Waals surface area (Å²) in [6.07, 6.45) is -0.0499. The SMILES string of the molecule is COc1ccc(C)cc1CC(O)c1cscn1. The number of aliphatic hydroxyl groups is 1. The van der Waals surface area contributed by atoms with E-state index in [-0.39, 0.29) is 0 Å². The van der Waals surface area contributed by atoms with Crippen molar-refractivity contribution < 1.29 is 9.84 Å². The summed E-state index contributed by atoms with van der Waals surface area (Å²) >= 11 is 1.49. The van der Waals surface area contributed by atoms with Crippen LogP contribution in [0.25, 0.3) is 0 Å². The molecule has 0 spiro atoms. The molecule has 0 amide bonds.